The lowest BCUT2D eigenvalue weighted by Crippen LogP contribution is -2.35. The third-order valence-electron chi connectivity index (χ3n) is 3.71. The van der Waals surface area contributed by atoms with Crippen LogP contribution in [0.1, 0.15) is 19.3 Å². The van der Waals surface area contributed by atoms with Crippen LogP contribution in [0.15, 0.2) is 25.0 Å². The second kappa shape index (κ2) is 6.87. The Labute approximate surface area is 119 Å². The lowest BCUT2D eigenvalue weighted by Gasteiger charge is -2.32. The van der Waals surface area contributed by atoms with Crippen molar-refractivity contribution in [2.24, 2.45) is 11.8 Å². The van der Waals surface area contributed by atoms with Crippen LogP contribution in [0.3, 0.4) is 0 Å². The molecule has 0 amide bonds. The van der Waals surface area contributed by atoms with Gasteiger partial charge >= 0.3 is 0 Å². The molecule has 1 aliphatic rings. The summed E-state index contributed by atoms with van der Waals surface area (Å²) in [6.07, 6.45) is 8.36. The number of piperidine rings is 1. The van der Waals surface area contributed by atoms with Crippen LogP contribution in [0.4, 0.5) is 5.95 Å². The molecule has 0 aromatic carbocycles. The zero-order valence-electron chi connectivity index (χ0n) is 11.0. The van der Waals surface area contributed by atoms with Gasteiger partial charge in [-0.1, -0.05) is 17.7 Å². The zero-order chi connectivity index (χ0) is 13.7. The highest BCUT2D eigenvalue weighted by Gasteiger charge is 2.22. The molecule has 0 radical (unpaired) electrons. The first-order valence-corrected chi connectivity index (χ1v) is 7.06. The van der Waals surface area contributed by atoms with E-state index < -0.39 is 0 Å². The van der Waals surface area contributed by atoms with E-state index in [2.05, 4.69) is 21.4 Å². The van der Waals surface area contributed by atoms with Gasteiger partial charge in [-0.25, -0.2) is 9.97 Å². The Balaban J connectivity index is 1.85. The van der Waals surface area contributed by atoms with Crippen LogP contribution in [-0.2, 0) is 0 Å². The van der Waals surface area contributed by atoms with Gasteiger partial charge in [0.1, 0.15) is 0 Å². The van der Waals surface area contributed by atoms with Crippen molar-refractivity contribution in [1.29, 1.82) is 0 Å². The number of aliphatic hydroxyl groups excluding tert-OH is 1. The van der Waals surface area contributed by atoms with Crippen LogP contribution < -0.4 is 4.90 Å². The number of hydrogen-bond acceptors (Lipinski definition) is 4. The molecular weight excluding hydrogens is 262 g/mol. The Bertz CT molecular complexity index is 402. The minimum atomic E-state index is 0.198. The summed E-state index contributed by atoms with van der Waals surface area (Å²) in [4.78, 5) is 10.7. The molecule has 1 N–H and O–H groups in total. The second-order valence-electron chi connectivity index (χ2n) is 5.05. The standard InChI is InChI=1S/C14H20ClN3O/c1-2-11(10-19)7-12-3-5-18(6-4-12)14-16-8-13(15)9-17-14/h2,8-9,11-12,19H,1,3-7,10H2/t11-/m1/s1. The van der Waals surface area contributed by atoms with Crippen molar-refractivity contribution in [2.45, 2.75) is 19.3 Å². The lowest BCUT2D eigenvalue weighted by atomic mass is 9.87. The molecule has 1 aliphatic heterocycles. The molecule has 1 aromatic rings. The van der Waals surface area contributed by atoms with Gasteiger partial charge in [-0.15, -0.1) is 6.58 Å². The first kappa shape index (κ1) is 14.3. The van der Waals surface area contributed by atoms with Crippen molar-refractivity contribution in [3.8, 4) is 0 Å². The van der Waals surface area contributed by atoms with Crippen LogP contribution in [0.5, 0.6) is 0 Å². The molecule has 2 heterocycles. The zero-order valence-corrected chi connectivity index (χ0v) is 11.8. The molecule has 0 aliphatic carbocycles. The van der Waals surface area contributed by atoms with Crippen molar-refractivity contribution < 1.29 is 5.11 Å². The summed E-state index contributed by atoms with van der Waals surface area (Å²) in [5, 5.41) is 9.76. The Hall–Kier alpha value is -1.13. The maximum absolute atomic E-state index is 9.20. The van der Waals surface area contributed by atoms with Crippen molar-refractivity contribution in [3.63, 3.8) is 0 Å². The molecule has 1 fully saturated rings. The van der Waals surface area contributed by atoms with E-state index in [4.69, 9.17) is 11.6 Å². The monoisotopic (exact) mass is 281 g/mol. The highest BCUT2D eigenvalue weighted by Crippen LogP contribution is 2.26. The van der Waals surface area contributed by atoms with Gasteiger partial charge in [0.05, 0.1) is 17.4 Å². The molecule has 2 rings (SSSR count). The first-order chi connectivity index (χ1) is 9.22. The van der Waals surface area contributed by atoms with Gasteiger partial charge in [-0.3, -0.25) is 0 Å². The number of aromatic nitrogens is 2. The molecule has 0 unspecified atom stereocenters. The molecule has 0 saturated carbocycles. The highest BCUT2D eigenvalue weighted by molar-refractivity contribution is 6.30. The number of nitrogens with zero attached hydrogens (tertiary/aromatic N) is 3. The summed E-state index contributed by atoms with van der Waals surface area (Å²) < 4.78 is 0. The Morgan fingerprint density at radius 3 is 2.58 bits per heavy atom. The van der Waals surface area contributed by atoms with E-state index in [9.17, 15) is 5.11 Å². The van der Waals surface area contributed by atoms with E-state index in [1.807, 2.05) is 6.08 Å². The van der Waals surface area contributed by atoms with Gasteiger partial charge in [-0.2, -0.15) is 0 Å². The smallest absolute Gasteiger partial charge is 0.225 e. The average molecular weight is 282 g/mol. The van der Waals surface area contributed by atoms with Gasteiger partial charge in [-0.05, 0) is 31.1 Å². The summed E-state index contributed by atoms with van der Waals surface area (Å²) in [6, 6.07) is 0. The van der Waals surface area contributed by atoms with Gasteiger partial charge in [0, 0.05) is 19.7 Å². The van der Waals surface area contributed by atoms with Crippen molar-refractivity contribution in [1.82, 2.24) is 9.97 Å². The number of aliphatic hydroxyl groups is 1. The fourth-order valence-electron chi connectivity index (χ4n) is 2.51. The lowest BCUT2D eigenvalue weighted by molar-refractivity contribution is 0.219. The summed E-state index contributed by atoms with van der Waals surface area (Å²) in [7, 11) is 0. The van der Waals surface area contributed by atoms with Gasteiger partial charge in [0.15, 0.2) is 0 Å². The normalized spacial score (nSPS) is 18.3. The van der Waals surface area contributed by atoms with Crippen molar-refractivity contribution in [2.75, 3.05) is 24.6 Å². The highest BCUT2D eigenvalue weighted by atomic mass is 35.5. The second-order valence-corrected chi connectivity index (χ2v) is 5.48. The van der Waals surface area contributed by atoms with Crippen LogP contribution in [-0.4, -0.2) is 34.8 Å². The van der Waals surface area contributed by atoms with Crippen molar-refractivity contribution in [3.05, 3.63) is 30.1 Å². The van der Waals surface area contributed by atoms with E-state index in [0.717, 1.165) is 38.3 Å². The fraction of sp³-hybridized carbons (Fsp3) is 0.571. The molecule has 104 valence electrons. The molecular formula is C14H20ClN3O. The number of rotatable bonds is 5. The maximum Gasteiger partial charge on any atom is 0.225 e. The van der Waals surface area contributed by atoms with Crippen molar-refractivity contribution >= 4 is 17.5 Å². The summed E-state index contributed by atoms with van der Waals surface area (Å²) in [5.41, 5.74) is 0. The molecule has 1 atom stereocenters. The van der Waals surface area contributed by atoms with E-state index in [1.165, 1.54) is 0 Å². The Morgan fingerprint density at radius 1 is 1.42 bits per heavy atom. The SMILES string of the molecule is C=C[C@@H](CO)CC1CCN(c2ncc(Cl)cn2)CC1. The summed E-state index contributed by atoms with van der Waals surface area (Å²) in [6.45, 7) is 5.88. The van der Waals surface area contributed by atoms with Crippen LogP contribution in [0.25, 0.3) is 0 Å². The maximum atomic E-state index is 9.20. The quantitative estimate of drug-likeness (QED) is 0.843. The average Bonchev–Trinajstić information content (AvgIpc) is 2.46. The van der Waals surface area contributed by atoms with Crippen LogP contribution in [0.2, 0.25) is 5.02 Å². The predicted molar refractivity (Wildman–Crippen MR) is 77.4 cm³/mol. The summed E-state index contributed by atoms with van der Waals surface area (Å²) in [5.74, 6) is 1.63. The molecule has 0 spiro atoms. The Kier molecular flexibility index (Phi) is 5.16. The van der Waals surface area contributed by atoms with E-state index in [-0.39, 0.29) is 12.5 Å². The van der Waals surface area contributed by atoms with Crippen LogP contribution in [0, 0.1) is 11.8 Å². The van der Waals surface area contributed by atoms with E-state index in [0.29, 0.717) is 10.9 Å². The molecule has 19 heavy (non-hydrogen) atoms. The molecule has 1 aromatic heterocycles. The van der Waals surface area contributed by atoms with Crippen LogP contribution >= 0.6 is 11.6 Å². The number of anilines is 1. The molecule has 4 nitrogen and oxygen atoms in total. The molecule has 1 saturated heterocycles. The largest absolute Gasteiger partial charge is 0.396 e. The summed E-state index contributed by atoms with van der Waals surface area (Å²) >= 11 is 5.79. The van der Waals surface area contributed by atoms with E-state index >= 15 is 0 Å². The third-order valence-corrected chi connectivity index (χ3v) is 3.90. The van der Waals surface area contributed by atoms with Gasteiger partial charge in [0.2, 0.25) is 5.95 Å². The minimum absolute atomic E-state index is 0.198. The first-order valence-electron chi connectivity index (χ1n) is 6.69. The van der Waals surface area contributed by atoms with E-state index in [1.54, 1.807) is 12.4 Å². The van der Waals surface area contributed by atoms with Gasteiger partial charge < -0.3 is 10.0 Å². The number of halogens is 1. The molecule has 5 heteroatoms. The fourth-order valence-corrected chi connectivity index (χ4v) is 2.61. The molecule has 0 bridgehead atoms. The number of hydrogen-bond donors (Lipinski definition) is 1. The minimum Gasteiger partial charge on any atom is -0.396 e. The topological polar surface area (TPSA) is 49.2 Å². The third kappa shape index (κ3) is 3.91. The predicted octanol–water partition coefficient (Wildman–Crippen LogP) is 2.53. The van der Waals surface area contributed by atoms with Gasteiger partial charge in [0.25, 0.3) is 0 Å². The Morgan fingerprint density at radius 2 is 2.05 bits per heavy atom.